The fraction of sp³-hybridized carbons (Fsp3) is 0.577. The van der Waals surface area contributed by atoms with Gasteiger partial charge in [-0.05, 0) is 30.4 Å². The van der Waals surface area contributed by atoms with E-state index in [-0.39, 0.29) is 35.7 Å². The van der Waals surface area contributed by atoms with Crippen molar-refractivity contribution >= 4 is 21.6 Å². The van der Waals surface area contributed by atoms with E-state index in [9.17, 15) is 18.3 Å². The minimum atomic E-state index is -2.95. The van der Waals surface area contributed by atoms with Crippen LogP contribution in [0.5, 0.6) is 0 Å². The Morgan fingerprint density at radius 1 is 1.14 bits per heavy atom. The molecular formula is C26H38N6O4S. The maximum atomic E-state index is 12.7. The Bertz CT molecular complexity index is 1150. The largest absolute Gasteiger partial charge is 0.390 e. The van der Waals surface area contributed by atoms with Crippen LogP contribution in [0.15, 0.2) is 36.7 Å². The summed E-state index contributed by atoms with van der Waals surface area (Å²) >= 11 is 0. The summed E-state index contributed by atoms with van der Waals surface area (Å²) < 4.78 is 23.5. The van der Waals surface area contributed by atoms with E-state index in [0.29, 0.717) is 18.9 Å². The summed E-state index contributed by atoms with van der Waals surface area (Å²) in [6.45, 7) is 6.21. The lowest BCUT2D eigenvalue weighted by atomic mass is 10.00. The number of sulfone groups is 1. The average Bonchev–Trinajstić information content (AvgIpc) is 2.91. The number of hydrogen-bond donors (Lipinski definition) is 3. The molecule has 3 heterocycles. The normalized spacial score (nSPS) is 18.2. The van der Waals surface area contributed by atoms with Crippen LogP contribution in [0.3, 0.4) is 0 Å². The van der Waals surface area contributed by atoms with Crippen LogP contribution < -0.4 is 10.6 Å². The smallest absolute Gasteiger partial charge is 0.270 e. The van der Waals surface area contributed by atoms with E-state index < -0.39 is 15.9 Å². The molecule has 2 aliphatic heterocycles. The van der Waals surface area contributed by atoms with E-state index in [1.807, 2.05) is 6.07 Å². The first-order valence-corrected chi connectivity index (χ1v) is 14.9. The summed E-state index contributed by atoms with van der Waals surface area (Å²) in [4.78, 5) is 25.4. The van der Waals surface area contributed by atoms with Crippen molar-refractivity contribution < 1.29 is 18.3 Å². The topological polar surface area (TPSA) is 128 Å². The van der Waals surface area contributed by atoms with Crippen LogP contribution in [0.25, 0.3) is 0 Å². The molecule has 2 aliphatic rings. The quantitative estimate of drug-likeness (QED) is 0.389. The lowest BCUT2D eigenvalue weighted by Crippen LogP contribution is -2.42. The van der Waals surface area contributed by atoms with Crippen LogP contribution >= 0.6 is 0 Å². The third-order valence-corrected chi connectivity index (χ3v) is 8.86. The summed E-state index contributed by atoms with van der Waals surface area (Å²) in [5.41, 5.74) is 2.91. The second-order valence-corrected chi connectivity index (χ2v) is 12.4. The first-order chi connectivity index (χ1) is 17.8. The van der Waals surface area contributed by atoms with Crippen LogP contribution in [0.2, 0.25) is 0 Å². The first kappa shape index (κ1) is 27.4. The molecule has 0 unspecified atom stereocenters. The van der Waals surface area contributed by atoms with Gasteiger partial charge in [0.2, 0.25) is 0 Å². The Hall–Kier alpha value is -2.60. The summed E-state index contributed by atoms with van der Waals surface area (Å²) in [6, 6.07) is 10.2. The standard InChI is InChI=1S/C26H38N6O4S/c1-2-37(35,36)14-13-31-11-8-22(9-12-31)30-25-15-24(28-19-29-25)26(34)27-16-23(33)18-32-10-7-20-5-3-4-6-21(20)17-32/h3-6,15,19,22-23,33H,2,7-14,16-18H2,1H3,(H,27,34)(H,28,29,30)/t23-/m0/s1. The molecule has 1 saturated heterocycles. The molecule has 4 rings (SSSR count). The van der Waals surface area contributed by atoms with Crippen molar-refractivity contribution in [3.8, 4) is 0 Å². The minimum Gasteiger partial charge on any atom is -0.390 e. The van der Waals surface area contributed by atoms with Crippen molar-refractivity contribution in [1.82, 2.24) is 25.1 Å². The van der Waals surface area contributed by atoms with Gasteiger partial charge in [0.15, 0.2) is 9.84 Å². The van der Waals surface area contributed by atoms with Gasteiger partial charge in [-0.2, -0.15) is 0 Å². The van der Waals surface area contributed by atoms with Crippen molar-refractivity contribution in [3.05, 3.63) is 53.5 Å². The summed E-state index contributed by atoms with van der Waals surface area (Å²) in [5, 5.41) is 16.7. The molecule has 0 radical (unpaired) electrons. The second-order valence-electron chi connectivity index (χ2n) is 9.90. The number of aliphatic hydroxyl groups excluding tert-OH is 1. The summed E-state index contributed by atoms with van der Waals surface area (Å²) in [6.07, 6.45) is 3.39. The number of likely N-dealkylation sites (tertiary alicyclic amines) is 1. The average molecular weight is 531 g/mol. The fourth-order valence-corrected chi connectivity index (χ4v) is 5.68. The number of nitrogens with one attached hydrogen (secondary N) is 2. The Morgan fingerprint density at radius 3 is 2.65 bits per heavy atom. The molecule has 3 N–H and O–H groups in total. The van der Waals surface area contributed by atoms with Crippen LogP contribution in [-0.4, -0.2) is 102 Å². The highest BCUT2D eigenvalue weighted by Crippen LogP contribution is 2.19. The number of piperidine rings is 1. The lowest BCUT2D eigenvalue weighted by molar-refractivity contribution is 0.0838. The number of β-amino-alcohol motifs (C(OH)–C–C–N with tert-alkyl or cyclic N) is 1. The predicted molar refractivity (Wildman–Crippen MR) is 143 cm³/mol. The molecule has 37 heavy (non-hydrogen) atoms. The predicted octanol–water partition coefficient (Wildman–Crippen LogP) is 0.937. The number of aromatic nitrogens is 2. The van der Waals surface area contributed by atoms with Gasteiger partial charge in [0, 0.05) is 63.7 Å². The van der Waals surface area contributed by atoms with E-state index in [2.05, 4.69) is 48.6 Å². The van der Waals surface area contributed by atoms with E-state index in [4.69, 9.17) is 0 Å². The SMILES string of the molecule is CCS(=O)(=O)CCN1CCC(Nc2cc(C(=O)NC[C@H](O)CN3CCc4ccccc4C3)ncn2)CC1. The van der Waals surface area contributed by atoms with Gasteiger partial charge in [-0.15, -0.1) is 0 Å². The maximum Gasteiger partial charge on any atom is 0.270 e. The molecule has 2 aromatic rings. The second kappa shape index (κ2) is 12.8. The number of carbonyl (C=O) groups is 1. The zero-order chi connectivity index (χ0) is 26.3. The first-order valence-electron chi connectivity index (χ1n) is 13.1. The third kappa shape index (κ3) is 8.19. The third-order valence-electron chi connectivity index (χ3n) is 7.17. The van der Waals surface area contributed by atoms with Crippen LogP contribution in [0.1, 0.15) is 41.4 Å². The molecule has 0 saturated carbocycles. The van der Waals surface area contributed by atoms with Gasteiger partial charge in [0.05, 0.1) is 11.9 Å². The molecule has 0 aliphatic carbocycles. The number of amides is 1. The molecule has 1 amide bonds. The number of benzene rings is 1. The number of fused-ring (bicyclic) bond motifs is 1. The van der Waals surface area contributed by atoms with Crippen molar-refractivity contribution in [2.75, 3.05) is 56.1 Å². The van der Waals surface area contributed by atoms with Gasteiger partial charge in [0.1, 0.15) is 17.8 Å². The highest BCUT2D eigenvalue weighted by molar-refractivity contribution is 7.91. The summed E-state index contributed by atoms with van der Waals surface area (Å²) in [7, 11) is -2.95. The van der Waals surface area contributed by atoms with Gasteiger partial charge in [-0.1, -0.05) is 31.2 Å². The number of aliphatic hydroxyl groups is 1. The van der Waals surface area contributed by atoms with Crippen LogP contribution in [0, 0.1) is 0 Å². The zero-order valence-corrected chi connectivity index (χ0v) is 22.3. The zero-order valence-electron chi connectivity index (χ0n) is 21.5. The highest BCUT2D eigenvalue weighted by Gasteiger charge is 2.22. The van der Waals surface area contributed by atoms with Gasteiger partial charge in [-0.25, -0.2) is 18.4 Å². The number of hydrogen-bond acceptors (Lipinski definition) is 9. The Kier molecular flexibility index (Phi) is 9.47. The molecule has 1 fully saturated rings. The monoisotopic (exact) mass is 530 g/mol. The molecular weight excluding hydrogens is 492 g/mol. The van der Waals surface area contributed by atoms with Crippen molar-refractivity contribution in [1.29, 1.82) is 0 Å². The molecule has 10 nitrogen and oxygen atoms in total. The van der Waals surface area contributed by atoms with E-state index in [0.717, 1.165) is 45.4 Å². The Labute approximate surface area is 219 Å². The highest BCUT2D eigenvalue weighted by atomic mass is 32.2. The molecule has 0 bridgehead atoms. The number of nitrogens with zero attached hydrogens (tertiary/aromatic N) is 4. The summed E-state index contributed by atoms with van der Waals surface area (Å²) in [5.74, 6) is 0.619. The van der Waals surface area contributed by atoms with E-state index in [1.54, 1.807) is 13.0 Å². The lowest BCUT2D eigenvalue weighted by Gasteiger charge is -2.32. The minimum absolute atomic E-state index is 0.149. The molecule has 202 valence electrons. The molecule has 1 aromatic heterocycles. The number of carbonyl (C=O) groups excluding carboxylic acids is 1. The van der Waals surface area contributed by atoms with Gasteiger partial charge in [-0.3, -0.25) is 9.69 Å². The maximum absolute atomic E-state index is 12.7. The number of rotatable bonds is 11. The van der Waals surface area contributed by atoms with Crippen molar-refractivity contribution in [2.24, 2.45) is 0 Å². The Morgan fingerprint density at radius 2 is 1.89 bits per heavy atom. The number of anilines is 1. The fourth-order valence-electron chi connectivity index (χ4n) is 4.86. The van der Waals surface area contributed by atoms with E-state index in [1.165, 1.54) is 17.5 Å². The molecule has 1 aromatic carbocycles. The molecule has 1 atom stereocenters. The van der Waals surface area contributed by atoms with Crippen molar-refractivity contribution in [3.63, 3.8) is 0 Å². The van der Waals surface area contributed by atoms with Gasteiger partial charge in [0.25, 0.3) is 5.91 Å². The Balaban J connectivity index is 1.19. The van der Waals surface area contributed by atoms with Crippen LogP contribution in [-0.2, 0) is 22.8 Å². The van der Waals surface area contributed by atoms with Gasteiger partial charge >= 0.3 is 0 Å². The van der Waals surface area contributed by atoms with E-state index >= 15 is 0 Å². The molecule has 0 spiro atoms. The van der Waals surface area contributed by atoms with Crippen molar-refractivity contribution in [2.45, 2.75) is 44.9 Å². The molecule has 11 heteroatoms. The van der Waals surface area contributed by atoms with Gasteiger partial charge < -0.3 is 20.6 Å². The van der Waals surface area contributed by atoms with Crippen LogP contribution in [0.4, 0.5) is 5.82 Å².